The van der Waals surface area contributed by atoms with Gasteiger partial charge in [0, 0.05) is 6.54 Å². The molecule has 19 heavy (non-hydrogen) atoms. The Bertz CT molecular complexity index is 422. The van der Waals surface area contributed by atoms with E-state index in [1.165, 1.54) is 5.56 Å². The van der Waals surface area contributed by atoms with Gasteiger partial charge in [-0.25, -0.2) is 0 Å². The second-order valence-corrected chi connectivity index (χ2v) is 4.59. The number of hydrogen-bond acceptors (Lipinski definition) is 2. The minimum absolute atomic E-state index is 0.0456. The standard InChI is InChI=1S/C16H22N2O/c1-3-12-18(13-4-2)16(19)15(17)11-10-14-8-6-5-7-9-14/h1,5-9,15H,4,10-13,17H2,2H3/t15-/m0/s1. The van der Waals surface area contributed by atoms with Gasteiger partial charge < -0.3 is 10.6 Å². The van der Waals surface area contributed by atoms with Crippen LogP contribution in [-0.4, -0.2) is 29.9 Å². The van der Waals surface area contributed by atoms with Crippen molar-refractivity contribution < 1.29 is 4.79 Å². The van der Waals surface area contributed by atoms with Gasteiger partial charge in [-0.1, -0.05) is 43.2 Å². The molecule has 1 amide bonds. The number of terminal acetylenes is 1. The van der Waals surface area contributed by atoms with E-state index >= 15 is 0 Å². The molecule has 0 aliphatic rings. The van der Waals surface area contributed by atoms with Gasteiger partial charge in [0.1, 0.15) is 0 Å². The van der Waals surface area contributed by atoms with Gasteiger partial charge in [0.05, 0.1) is 12.6 Å². The quantitative estimate of drug-likeness (QED) is 0.758. The Kier molecular flexibility index (Phi) is 6.70. The zero-order valence-corrected chi connectivity index (χ0v) is 11.5. The van der Waals surface area contributed by atoms with Gasteiger partial charge in [-0.15, -0.1) is 6.42 Å². The summed E-state index contributed by atoms with van der Waals surface area (Å²) >= 11 is 0. The van der Waals surface area contributed by atoms with Crippen LogP contribution in [0.5, 0.6) is 0 Å². The molecule has 0 aliphatic heterocycles. The molecule has 0 saturated heterocycles. The van der Waals surface area contributed by atoms with Crippen molar-refractivity contribution in [3.63, 3.8) is 0 Å². The molecule has 0 fully saturated rings. The van der Waals surface area contributed by atoms with Crippen LogP contribution in [-0.2, 0) is 11.2 Å². The summed E-state index contributed by atoms with van der Waals surface area (Å²) in [5, 5.41) is 0. The Morgan fingerprint density at radius 2 is 2.11 bits per heavy atom. The molecule has 0 aromatic heterocycles. The lowest BCUT2D eigenvalue weighted by atomic mass is 10.0. The highest BCUT2D eigenvalue weighted by atomic mass is 16.2. The topological polar surface area (TPSA) is 46.3 Å². The smallest absolute Gasteiger partial charge is 0.240 e. The van der Waals surface area contributed by atoms with Crippen LogP contribution in [0.2, 0.25) is 0 Å². The van der Waals surface area contributed by atoms with Crippen molar-refractivity contribution in [1.29, 1.82) is 0 Å². The molecule has 3 nitrogen and oxygen atoms in total. The lowest BCUT2D eigenvalue weighted by Gasteiger charge is -2.23. The molecule has 0 spiro atoms. The van der Waals surface area contributed by atoms with Gasteiger partial charge in [0.15, 0.2) is 0 Å². The third kappa shape index (κ3) is 5.15. The summed E-state index contributed by atoms with van der Waals surface area (Å²) in [6.45, 7) is 3.03. The molecule has 0 unspecified atom stereocenters. The summed E-state index contributed by atoms with van der Waals surface area (Å²) in [6.07, 6.45) is 7.62. The number of hydrogen-bond donors (Lipinski definition) is 1. The van der Waals surface area contributed by atoms with Crippen LogP contribution in [0.1, 0.15) is 25.3 Å². The first-order chi connectivity index (χ1) is 9.19. The largest absolute Gasteiger partial charge is 0.330 e. The monoisotopic (exact) mass is 258 g/mol. The van der Waals surface area contributed by atoms with Gasteiger partial charge in [-0.05, 0) is 24.8 Å². The molecule has 0 heterocycles. The van der Waals surface area contributed by atoms with Crippen LogP contribution in [0.3, 0.4) is 0 Å². The number of amides is 1. The highest BCUT2D eigenvalue weighted by Gasteiger charge is 2.19. The maximum absolute atomic E-state index is 12.1. The third-order valence-corrected chi connectivity index (χ3v) is 2.99. The van der Waals surface area contributed by atoms with Crippen LogP contribution in [0.4, 0.5) is 0 Å². The van der Waals surface area contributed by atoms with Crippen LogP contribution >= 0.6 is 0 Å². The van der Waals surface area contributed by atoms with E-state index in [4.69, 9.17) is 12.2 Å². The minimum atomic E-state index is -0.472. The van der Waals surface area contributed by atoms with Crippen molar-refractivity contribution in [2.45, 2.75) is 32.2 Å². The first-order valence-electron chi connectivity index (χ1n) is 6.70. The molecule has 0 saturated carbocycles. The summed E-state index contributed by atoms with van der Waals surface area (Å²) in [5.41, 5.74) is 7.17. The van der Waals surface area contributed by atoms with E-state index in [-0.39, 0.29) is 5.91 Å². The SMILES string of the molecule is C#CCN(CCC)C(=O)[C@@H](N)CCc1ccccc1. The van der Waals surface area contributed by atoms with E-state index in [2.05, 4.69) is 5.92 Å². The van der Waals surface area contributed by atoms with Gasteiger partial charge >= 0.3 is 0 Å². The Hall–Kier alpha value is -1.79. The molecule has 0 radical (unpaired) electrons. The van der Waals surface area contributed by atoms with Gasteiger partial charge in [0.2, 0.25) is 5.91 Å². The van der Waals surface area contributed by atoms with Crippen molar-refractivity contribution >= 4 is 5.91 Å². The highest BCUT2D eigenvalue weighted by molar-refractivity contribution is 5.81. The molecule has 1 rings (SSSR count). The fourth-order valence-corrected chi connectivity index (χ4v) is 1.97. The fourth-order valence-electron chi connectivity index (χ4n) is 1.97. The van der Waals surface area contributed by atoms with E-state index in [1.54, 1.807) is 4.90 Å². The van der Waals surface area contributed by atoms with Crippen molar-refractivity contribution in [2.75, 3.05) is 13.1 Å². The average Bonchev–Trinajstić information content (AvgIpc) is 2.45. The van der Waals surface area contributed by atoms with E-state index in [0.29, 0.717) is 19.5 Å². The van der Waals surface area contributed by atoms with Crippen molar-refractivity contribution in [3.05, 3.63) is 35.9 Å². The first-order valence-corrected chi connectivity index (χ1v) is 6.70. The molecule has 1 atom stereocenters. The van der Waals surface area contributed by atoms with E-state index in [1.807, 2.05) is 37.3 Å². The van der Waals surface area contributed by atoms with E-state index in [0.717, 1.165) is 12.8 Å². The number of carbonyl (C=O) groups excluding carboxylic acids is 1. The van der Waals surface area contributed by atoms with Gasteiger partial charge in [-0.2, -0.15) is 0 Å². The van der Waals surface area contributed by atoms with Gasteiger partial charge in [-0.3, -0.25) is 4.79 Å². The first kappa shape index (κ1) is 15.3. The third-order valence-electron chi connectivity index (χ3n) is 2.99. The lowest BCUT2D eigenvalue weighted by Crippen LogP contribution is -2.44. The summed E-state index contributed by atoms with van der Waals surface area (Å²) < 4.78 is 0. The maximum Gasteiger partial charge on any atom is 0.240 e. The second kappa shape index (κ2) is 8.34. The zero-order chi connectivity index (χ0) is 14.1. The molecule has 1 aromatic rings. The Morgan fingerprint density at radius 3 is 2.68 bits per heavy atom. The molecule has 2 N–H and O–H groups in total. The summed E-state index contributed by atoms with van der Waals surface area (Å²) in [4.78, 5) is 13.8. The van der Waals surface area contributed by atoms with Gasteiger partial charge in [0.25, 0.3) is 0 Å². The summed E-state index contributed by atoms with van der Waals surface area (Å²) in [5.74, 6) is 2.47. The predicted octanol–water partition coefficient (Wildman–Crippen LogP) is 1.82. The normalized spacial score (nSPS) is 11.6. The number of aryl methyl sites for hydroxylation is 1. The molecule has 0 bridgehead atoms. The lowest BCUT2D eigenvalue weighted by molar-refractivity contribution is -0.132. The molecule has 1 aromatic carbocycles. The van der Waals surface area contributed by atoms with Crippen LogP contribution in [0, 0.1) is 12.3 Å². The van der Waals surface area contributed by atoms with E-state index in [9.17, 15) is 4.79 Å². The summed E-state index contributed by atoms with van der Waals surface area (Å²) in [6, 6.07) is 9.57. The van der Waals surface area contributed by atoms with Crippen molar-refractivity contribution in [2.24, 2.45) is 5.73 Å². The molecule has 3 heteroatoms. The minimum Gasteiger partial charge on any atom is -0.330 e. The molecular weight excluding hydrogens is 236 g/mol. The molecular formula is C16H22N2O. The zero-order valence-electron chi connectivity index (χ0n) is 11.5. The number of benzene rings is 1. The maximum atomic E-state index is 12.1. The number of carbonyl (C=O) groups is 1. The van der Waals surface area contributed by atoms with Crippen LogP contribution in [0.25, 0.3) is 0 Å². The Labute approximate surface area is 115 Å². The number of rotatable bonds is 7. The summed E-state index contributed by atoms with van der Waals surface area (Å²) in [7, 11) is 0. The number of nitrogens with zero attached hydrogens (tertiary/aromatic N) is 1. The van der Waals surface area contributed by atoms with E-state index < -0.39 is 6.04 Å². The second-order valence-electron chi connectivity index (χ2n) is 4.59. The Balaban J connectivity index is 2.49. The van der Waals surface area contributed by atoms with Crippen molar-refractivity contribution in [1.82, 2.24) is 4.90 Å². The molecule has 0 aliphatic carbocycles. The predicted molar refractivity (Wildman–Crippen MR) is 78.4 cm³/mol. The average molecular weight is 258 g/mol. The highest BCUT2D eigenvalue weighted by Crippen LogP contribution is 2.06. The van der Waals surface area contributed by atoms with Crippen molar-refractivity contribution in [3.8, 4) is 12.3 Å². The van der Waals surface area contributed by atoms with Crippen LogP contribution < -0.4 is 5.73 Å². The van der Waals surface area contributed by atoms with Crippen LogP contribution in [0.15, 0.2) is 30.3 Å². The Morgan fingerprint density at radius 1 is 1.42 bits per heavy atom. The number of nitrogens with two attached hydrogens (primary N) is 1. The molecule has 102 valence electrons. The fraction of sp³-hybridized carbons (Fsp3) is 0.438.